The molecular formula is C23H41NO6S2. The van der Waals surface area contributed by atoms with Gasteiger partial charge in [0.05, 0.1) is 25.2 Å². The van der Waals surface area contributed by atoms with E-state index < -0.39 is 11.9 Å². The fraction of sp³-hybridized carbons (Fsp3) is 0.826. The van der Waals surface area contributed by atoms with Crippen molar-refractivity contribution < 1.29 is 29.3 Å². The molecule has 2 N–H and O–H groups in total. The molecule has 0 fully saturated rings. The van der Waals surface area contributed by atoms with Crippen LogP contribution in [0.5, 0.6) is 0 Å². The Hall–Kier alpha value is -1.35. The van der Waals surface area contributed by atoms with Crippen molar-refractivity contribution in [1.82, 2.24) is 4.90 Å². The molecule has 0 saturated heterocycles. The highest BCUT2D eigenvalue weighted by Crippen LogP contribution is 2.13. The lowest BCUT2D eigenvalue weighted by Crippen LogP contribution is -2.36. The SMILES string of the molecule is CCCCCCCCCCCCCCOC(=S)SCC(=O)N(CCC(=O)O)CCC(=O)O. The van der Waals surface area contributed by atoms with Gasteiger partial charge in [0.1, 0.15) is 0 Å². The second-order valence-corrected chi connectivity index (χ2v) is 9.52. The van der Waals surface area contributed by atoms with E-state index in [2.05, 4.69) is 6.92 Å². The standard InChI is InChI=1S/C23H41NO6S2/c1-2-3-4-5-6-7-8-9-10-11-12-13-18-30-23(31)32-19-20(25)24(16-14-21(26)27)17-15-22(28)29/h2-19H2,1H3,(H,26,27)(H,28,29). The molecule has 0 aromatic carbocycles. The maximum atomic E-state index is 12.3. The number of nitrogens with zero attached hydrogens (tertiary/aromatic N) is 1. The lowest BCUT2D eigenvalue weighted by atomic mass is 10.1. The molecule has 9 heteroatoms. The molecule has 0 saturated carbocycles. The number of hydrogen-bond acceptors (Lipinski definition) is 6. The topological polar surface area (TPSA) is 104 Å². The number of carboxylic acid groups (broad SMARTS) is 2. The molecule has 0 rings (SSSR count). The van der Waals surface area contributed by atoms with Gasteiger partial charge in [-0.1, -0.05) is 89.3 Å². The Kier molecular flexibility index (Phi) is 20.6. The van der Waals surface area contributed by atoms with Crippen LogP contribution < -0.4 is 0 Å². The summed E-state index contributed by atoms with van der Waals surface area (Å²) in [4.78, 5) is 35.0. The molecule has 1 amide bonds. The average Bonchev–Trinajstić information content (AvgIpc) is 2.75. The number of carbonyl (C=O) groups excluding carboxylic acids is 1. The minimum atomic E-state index is -1.04. The Morgan fingerprint density at radius 3 is 1.66 bits per heavy atom. The summed E-state index contributed by atoms with van der Waals surface area (Å²) in [6.45, 7) is 2.73. The van der Waals surface area contributed by atoms with Gasteiger partial charge in [0, 0.05) is 13.1 Å². The van der Waals surface area contributed by atoms with Crippen molar-refractivity contribution in [2.75, 3.05) is 25.4 Å². The number of aliphatic carboxylic acids is 2. The summed E-state index contributed by atoms with van der Waals surface area (Å²) in [5.74, 6) is -2.40. The van der Waals surface area contributed by atoms with E-state index in [1.165, 1.54) is 69.1 Å². The van der Waals surface area contributed by atoms with E-state index in [0.29, 0.717) is 6.61 Å². The van der Waals surface area contributed by atoms with Crippen LogP contribution in [0.2, 0.25) is 0 Å². The van der Waals surface area contributed by atoms with Crippen molar-refractivity contribution in [1.29, 1.82) is 0 Å². The van der Waals surface area contributed by atoms with Crippen LogP contribution in [0.25, 0.3) is 0 Å². The summed E-state index contributed by atoms with van der Waals surface area (Å²) >= 11 is 6.23. The lowest BCUT2D eigenvalue weighted by molar-refractivity contribution is -0.138. The van der Waals surface area contributed by atoms with Crippen molar-refractivity contribution in [2.45, 2.75) is 96.8 Å². The maximum Gasteiger partial charge on any atom is 0.305 e. The molecule has 0 aliphatic heterocycles. The van der Waals surface area contributed by atoms with Gasteiger partial charge in [0.2, 0.25) is 10.3 Å². The van der Waals surface area contributed by atoms with E-state index in [0.717, 1.165) is 24.6 Å². The molecule has 186 valence electrons. The predicted octanol–water partition coefficient (Wildman–Crippen LogP) is 5.50. The van der Waals surface area contributed by atoms with Crippen LogP contribution in [0.1, 0.15) is 96.8 Å². The van der Waals surface area contributed by atoms with Crippen LogP contribution in [0.4, 0.5) is 0 Å². The number of unbranched alkanes of at least 4 members (excludes halogenated alkanes) is 11. The second-order valence-electron chi connectivity index (χ2n) is 7.94. The van der Waals surface area contributed by atoms with Crippen LogP contribution in [-0.4, -0.2) is 62.8 Å². The van der Waals surface area contributed by atoms with Crippen molar-refractivity contribution in [3.63, 3.8) is 0 Å². The van der Waals surface area contributed by atoms with E-state index in [9.17, 15) is 14.4 Å². The molecule has 7 nitrogen and oxygen atoms in total. The number of amides is 1. The van der Waals surface area contributed by atoms with Crippen molar-refractivity contribution in [3.8, 4) is 0 Å². The Labute approximate surface area is 202 Å². The molecule has 0 aromatic heterocycles. The zero-order chi connectivity index (χ0) is 24.0. The normalized spacial score (nSPS) is 10.7. The molecule has 0 heterocycles. The number of thioether (sulfide) groups is 1. The van der Waals surface area contributed by atoms with E-state index in [1.807, 2.05) is 0 Å². The Morgan fingerprint density at radius 2 is 1.22 bits per heavy atom. The molecule has 0 spiro atoms. The molecule has 0 radical (unpaired) electrons. The average molecular weight is 492 g/mol. The zero-order valence-corrected chi connectivity index (χ0v) is 21.2. The smallest absolute Gasteiger partial charge is 0.305 e. The zero-order valence-electron chi connectivity index (χ0n) is 19.5. The number of hydrogen-bond donors (Lipinski definition) is 2. The van der Waals surface area contributed by atoms with E-state index in [1.54, 1.807) is 0 Å². The summed E-state index contributed by atoms with van der Waals surface area (Å²) in [6, 6.07) is 0. The summed E-state index contributed by atoms with van der Waals surface area (Å²) in [7, 11) is 0. The molecule has 0 aliphatic rings. The van der Waals surface area contributed by atoms with Crippen LogP contribution in [0.15, 0.2) is 0 Å². The number of carboxylic acids is 2. The van der Waals surface area contributed by atoms with Crippen LogP contribution >= 0.6 is 24.0 Å². The minimum absolute atomic E-state index is 0.0104. The first-order chi connectivity index (χ1) is 15.4. The Balaban J connectivity index is 3.75. The Bertz CT molecular complexity index is 527. The summed E-state index contributed by atoms with van der Waals surface area (Å²) < 4.78 is 5.79. The summed E-state index contributed by atoms with van der Waals surface area (Å²) in [5.41, 5.74) is 0. The summed E-state index contributed by atoms with van der Waals surface area (Å²) in [6.07, 6.45) is 14.8. The van der Waals surface area contributed by atoms with Gasteiger partial charge in [-0.05, 0) is 18.6 Å². The highest BCUT2D eigenvalue weighted by atomic mass is 32.2. The third-order valence-corrected chi connectivity index (χ3v) is 6.29. The number of thiocarbonyl (C=S) groups is 1. The highest BCUT2D eigenvalue weighted by Gasteiger charge is 2.17. The molecule has 32 heavy (non-hydrogen) atoms. The quantitative estimate of drug-likeness (QED) is 0.160. The van der Waals surface area contributed by atoms with Gasteiger partial charge >= 0.3 is 11.9 Å². The fourth-order valence-electron chi connectivity index (χ4n) is 3.17. The van der Waals surface area contributed by atoms with Gasteiger partial charge in [-0.15, -0.1) is 0 Å². The monoisotopic (exact) mass is 491 g/mol. The van der Waals surface area contributed by atoms with E-state index >= 15 is 0 Å². The molecule has 0 aliphatic carbocycles. The third-order valence-electron chi connectivity index (χ3n) is 5.08. The van der Waals surface area contributed by atoms with Gasteiger partial charge in [-0.25, -0.2) is 0 Å². The largest absolute Gasteiger partial charge is 0.481 e. The van der Waals surface area contributed by atoms with E-state index in [4.69, 9.17) is 27.2 Å². The van der Waals surface area contributed by atoms with Gasteiger partial charge in [0.25, 0.3) is 0 Å². The van der Waals surface area contributed by atoms with Crippen LogP contribution in [0, 0.1) is 0 Å². The van der Waals surface area contributed by atoms with Gasteiger partial charge < -0.3 is 19.8 Å². The number of carbonyl (C=O) groups is 3. The van der Waals surface area contributed by atoms with Gasteiger partial charge in [-0.3, -0.25) is 14.4 Å². The molecule has 0 unspecified atom stereocenters. The number of rotatable bonds is 21. The predicted molar refractivity (Wildman–Crippen MR) is 133 cm³/mol. The van der Waals surface area contributed by atoms with Crippen molar-refractivity contribution >= 4 is 46.2 Å². The maximum absolute atomic E-state index is 12.3. The fourth-order valence-corrected chi connectivity index (χ4v) is 4.03. The first-order valence-corrected chi connectivity index (χ1v) is 13.3. The first kappa shape index (κ1) is 30.6. The Morgan fingerprint density at radius 1 is 0.781 bits per heavy atom. The van der Waals surface area contributed by atoms with Crippen molar-refractivity contribution in [2.24, 2.45) is 0 Å². The second kappa shape index (κ2) is 21.5. The molecule has 0 bridgehead atoms. The highest BCUT2D eigenvalue weighted by molar-refractivity contribution is 8.23. The van der Waals surface area contributed by atoms with Crippen LogP contribution in [-0.2, 0) is 19.1 Å². The lowest BCUT2D eigenvalue weighted by Gasteiger charge is -2.21. The molecular weight excluding hydrogens is 450 g/mol. The third kappa shape index (κ3) is 20.5. The van der Waals surface area contributed by atoms with Crippen molar-refractivity contribution in [3.05, 3.63) is 0 Å². The summed E-state index contributed by atoms with van der Waals surface area (Å²) in [5, 5.41) is 17.6. The van der Waals surface area contributed by atoms with Gasteiger partial charge in [-0.2, -0.15) is 0 Å². The van der Waals surface area contributed by atoms with Gasteiger partial charge in [0.15, 0.2) is 0 Å². The van der Waals surface area contributed by atoms with Crippen LogP contribution in [0.3, 0.4) is 0 Å². The molecule has 0 aromatic rings. The first-order valence-electron chi connectivity index (χ1n) is 11.9. The minimum Gasteiger partial charge on any atom is -0.481 e. The number of ether oxygens (including phenoxy) is 1. The molecule has 0 atom stereocenters. The van der Waals surface area contributed by atoms with E-state index in [-0.39, 0.29) is 42.0 Å².